The van der Waals surface area contributed by atoms with Crippen molar-refractivity contribution in [2.24, 2.45) is 0 Å². The van der Waals surface area contributed by atoms with E-state index < -0.39 is 0 Å². The summed E-state index contributed by atoms with van der Waals surface area (Å²) in [6.45, 7) is 6.94. The summed E-state index contributed by atoms with van der Waals surface area (Å²) in [7, 11) is 0. The maximum Gasteiger partial charge on any atom is 0.146 e. The first kappa shape index (κ1) is 15.3. The largest absolute Gasteiger partial charge is 0.369 e. The predicted molar refractivity (Wildman–Crippen MR) is 83.7 cm³/mol. The number of para-hydroxylation sites is 1. The van der Waals surface area contributed by atoms with Gasteiger partial charge in [0.2, 0.25) is 0 Å². The second kappa shape index (κ2) is 7.63. The zero-order valence-electron chi connectivity index (χ0n) is 12.8. The van der Waals surface area contributed by atoms with Crippen molar-refractivity contribution in [1.82, 2.24) is 5.32 Å². The van der Waals surface area contributed by atoms with E-state index in [9.17, 15) is 4.39 Å². The summed E-state index contributed by atoms with van der Waals surface area (Å²) in [4.78, 5) is 2.26. The summed E-state index contributed by atoms with van der Waals surface area (Å²) in [6.07, 6.45) is 6.21. The van der Waals surface area contributed by atoms with Crippen molar-refractivity contribution < 1.29 is 4.39 Å². The maximum atomic E-state index is 14.3. The molecule has 1 aromatic rings. The first-order valence-electron chi connectivity index (χ1n) is 7.94. The molecule has 1 saturated heterocycles. The molecule has 2 rings (SSSR count). The van der Waals surface area contributed by atoms with E-state index in [0.29, 0.717) is 6.04 Å². The summed E-state index contributed by atoms with van der Waals surface area (Å²) in [5, 5.41) is 3.40. The molecule has 0 unspecified atom stereocenters. The number of rotatable bonds is 4. The monoisotopic (exact) mass is 278 g/mol. The Morgan fingerprint density at radius 2 is 1.75 bits per heavy atom. The van der Waals surface area contributed by atoms with E-state index in [1.165, 1.54) is 32.1 Å². The van der Waals surface area contributed by atoms with Crippen LogP contribution in [0.3, 0.4) is 0 Å². The van der Waals surface area contributed by atoms with Crippen molar-refractivity contribution >= 4 is 5.69 Å². The molecule has 1 fully saturated rings. The van der Waals surface area contributed by atoms with Gasteiger partial charge >= 0.3 is 0 Å². The lowest BCUT2D eigenvalue weighted by Gasteiger charge is -2.29. The third kappa shape index (κ3) is 4.20. The highest BCUT2D eigenvalue weighted by Crippen LogP contribution is 2.27. The summed E-state index contributed by atoms with van der Waals surface area (Å²) >= 11 is 0. The molecule has 0 radical (unpaired) electrons. The Morgan fingerprint density at radius 3 is 2.40 bits per heavy atom. The lowest BCUT2D eigenvalue weighted by atomic mass is 10.1. The zero-order chi connectivity index (χ0) is 14.4. The van der Waals surface area contributed by atoms with Crippen molar-refractivity contribution in [3.05, 3.63) is 29.6 Å². The Morgan fingerprint density at radius 1 is 1.10 bits per heavy atom. The van der Waals surface area contributed by atoms with E-state index in [-0.39, 0.29) is 5.82 Å². The van der Waals surface area contributed by atoms with Crippen LogP contribution in [0.5, 0.6) is 0 Å². The van der Waals surface area contributed by atoms with E-state index in [0.717, 1.165) is 30.9 Å². The van der Waals surface area contributed by atoms with Crippen LogP contribution in [0.15, 0.2) is 18.2 Å². The van der Waals surface area contributed by atoms with Gasteiger partial charge in [-0.2, -0.15) is 0 Å². The van der Waals surface area contributed by atoms with Crippen LogP contribution < -0.4 is 10.2 Å². The molecule has 1 aromatic carbocycles. The van der Waals surface area contributed by atoms with Crippen LogP contribution in [0.1, 0.15) is 51.5 Å². The standard InChI is InChI=1S/C17H27FN2/c1-14(2)19-13-15-9-8-10-16(18)17(15)20-11-6-4-3-5-7-12-20/h8-10,14,19H,3-7,11-13H2,1-2H3. The quantitative estimate of drug-likeness (QED) is 0.892. The Balaban J connectivity index is 2.18. The molecule has 0 spiro atoms. The molecule has 1 aliphatic rings. The number of benzene rings is 1. The smallest absolute Gasteiger partial charge is 0.146 e. The average Bonchev–Trinajstić information content (AvgIpc) is 2.37. The first-order valence-corrected chi connectivity index (χ1v) is 7.94. The molecule has 1 aliphatic heterocycles. The minimum absolute atomic E-state index is 0.0753. The van der Waals surface area contributed by atoms with Gasteiger partial charge in [-0.05, 0) is 24.5 Å². The van der Waals surface area contributed by atoms with Gasteiger partial charge in [-0.25, -0.2) is 4.39 Å². The van der Waals surface area contributed by atoms with Crippen molar-refractivity contribution in [3.63, 3.8) is 0 Å². The Hall–Kier alpha value is -1.09. The molecule has 112 valence electrons. The molecule has 3 heteroatoms. The fourth-order valence-corrected chi connectivity index (χ4v) is 2.84. The molecule has 0 saturated carbocycles. The molecule has 0 bridgehead atoms. The highest BCUT2D eigenvalue weighted by atomic mass is 19.1. The SMILES string of the molecule is CC(C)NCc1cccc(F)c1N1CCCCCCC1. The Bertz CT molecular complexity index is 409. The van der Waals surface area contributed by atoms with E-state index >= 15 is 0 Å². The van der Waals surface area contributed by atoms with E-state index in [1.807, 2.05) is 12.1 Å². The van der Waals surface area contributed by atoms with E-state index in [1.54, 1.807) is 6.07 Å². The van der Waals surface area contributed by atoms with Crippen LogP contribution in [0, 0.1) is 5.82 Å². The van der Waals surface area contributed by atoms with Gasteiger partial charge in [0.1, 0.15) is 5.82 Å². The van der Waals surface area contributed by atoms with Gasteiger partial charge in [-0.1, -0.05) is 45.2 Å². The highest BCUT2D eigenvalue weighted by Gasteiger charge is 2.17. The molecule has 0 amide bonds. The third-order valence-corrected chi connectivity index (χ3v) is 3.94. The maximum absolute atomic E-state index is 14.3. The fraction of sp³-hybridized carbons (Fsp3) is 0.647. The normalized spacial score (nSPS) is 17.1. The van der Waals surface area contributed by atoms with Gasteiger partial charge in [-0.3, -0.25) is 0 Å². The van der Waals surface area contributed by atoms with Gasteiger partial charge < -0.3 is 10.2 Å². The Labute approximate surface area is 122 Å². The topological polar surface area (TPSA) is 15.3 Å². The average molecular weight is 278 g/mol. The zero-order valence-corrected chi connectivity index (χ0v) is 12.8. The number of hydrogen-bond donors (Lipinski definition) is 1. The van der Waals surface area contributed by atoms with Gasteiger partial charge in [0, 0.05) is 25.7 Å². The number of nitrogens with one attached hydrogen (secondary N) is 1. The minimum Gasteiger partial charge on any atom is -0.369 e. The second-order valence-electron chi connectivity index (χ2n) is 6.04. The summed E-state index contributed by atoms with van der Waals surface area (Å²) in [6, 6.07) is 5.87. The predicted octanol–water partition coefficient (Wildman–Crippen LogP) is 4.09. The van der Waals surface area contributed by atoms with Crippen molar-refractivity contribution in [2.75, 3.05) is 18.0 Å². The number of nitrogens with zero attached hydrogens (tertiary/aromatic N) is 1. The highest BCUT2D eigenvalue weighted by molar-refractivity contribution is 5.55. The van der Waals surface area contributed by atoms with Crippen LogP contribution in [0.4, 0.5) is 10.1 Å². The van der Waals surface area contributed by atoms with Gasteiger partial charge in [0.25, 0.3) is 0 Å². The molecule has 0 aromatic heterocycles. The molecule has 1 heterocycles. The van der Waals surface area contributed by atoms with Gasteiger partial charge in [-0.15, -0.1) is 0 Å². The van der Waals surface area contributed by atoms with Crippen LogP contribution in [0.25, 0.3) is 0 Å². The molecule has 0 atom stereocenters. The van der Waals surface area contributed by atoms with E-state index in [2.05, 4.69) is 24.1 Å². The molecular formula is C17H27FN2. The van der Waals surface area contributed by atoms with Gasteiger partial charge in [0.15, 0.2) is 0 Å². The summed E-state index contributed by atoms with van der Waals surface area (Å²) in [5.74, 6) is -0.0753. The lowest BCUT2D eigenvalue weighted by Crippen LogP contribution is -2.30. The third-order valence-electron chi connectivity index (χ3n) is 3.94. The van der Waals surface area contributed by atoms with Crippen LogP contribution >= 0.6 is 0 Å². The minimum atomic E-state index is -0.0753. The second-order valence-corrected chi connectivity index (χ2v) is 6.04. The number of anilines is 1. The molecular weight excluding hydrogens is 251 g/mol. The first-order chi connectivity index (χ1) is 9.68. The summed E-state index contributed by atoms with van der Waals surface area (Å²) < 4.78 is 14.3. The molecule has 2 nitrogen and oxygen atoms in total. The Kier molecular flexibility index (Phi) is 5.84. The van der Waals surface area contributed by atoms with Crippen molar-refractivity contribution in [3.8, 4) is 0 Å². The fourth-order valence-electron chi connectivity index (χ4n) is 2.84. The van der Waals surface area contributed by atoms with Crippen molar-refractivity contribution in [1.29, 1.82) is 0 Å². The van der Waals surface area contributed by atoms with Crippen molar-refractivity contribution in [2.45, 2.75) is 58.5 Å². The molecule has 0 aliphatic carbocycles. The lowest BCUT2D eigenvalue weighted by molar-refractivity contribution is 0.538. The van der Waals surface area contributed by atoms with Gasteiger partial charge in [0.05, 0.1) is 5.69 Å². The molecule has 20 heavy (non-hydrogen) atoms. The number of halogens is 1. The number of hydrogen-bond acceptors (Lipinski definition) is 2. The summed E-state index contributed by atoms with van der Waals surface area (Å²) in [5.41, 5.74) is 1.90. The van der Waals surface area contributed by atoms with Crippen LogP contribution in [-0.2, 0) is 6.54 Å². The van der Waals surface area contributed by atoms with E-state index in [4.69, 9.17) is 0 Å². The molecule has 1 N–H and O–H groups in total. The van der Waals surface area contributed by atoms with Crippen LogP contribution in [-0.4, -0.2) is 19.1 Å². The van der Waals surface area contributed by atoms with Crippen LogP contribution in [0.2, 0.25) is 0 Å².